The largest absolute Gasteiger partial charge is 0.492 e. The Hall–Kier alpha value is -0.110. The van der Waals surface area contributed by atoms with Crippen molar-refractivity contribution in [2.75, 3.05) is 12.4 Å². The van der Waals surface area contributed by atoms with Crippen LogP contribution in [0.5, 0.6) is 5.75 Å². The molecule has 0 bridgehead atoms. The summed E-state index contributed by atoms with van der Waals surface area (Å²) in [5, 5.41) is 4.87. The third-order valence-corrected chi connectivity index (χ3v) is 3.70. The number of halogens is 2. The molecule has 0 saturated carbocycles. The molecule has 1 aromatic rings. The van der Waals surface area contributed by atoms with Gasteiger partial charge in [0.25, 0.3) is 0 Å². The van der Waals surface area contributed by atoms with Crippen LogP contribution in [0, 0.1) is 0 Å². The minimum absolute atomic E-state index is 0.0683. The van der Waals surface area contributed by atoms with Gasteiger partial charge in [-0.15, -0.1) is 0 Å². The lowest BCUT2D eigenvalue weighted by Gasteiger charge is -2.07. The van der Waals surface area contributed by atoms with Crippen molar-refractivity contribution < 1.29 is 13.2 Å². The molecule has 0 aliphatic rings. The highest BCUT2D eigenvalue weighted by Gasteiger charge is 2.04. The summed E-state index contributed by atoms with van der Waals surface area (Å²) in [7, 11) is -3.39. The van der Waals surface area contributed by atoms with Crippen molar-refractivity contribution in [1.29, 1.82) is 0 Å². The van der Waals surface area contributed by atoms with E-state index in [-0.39, 0.29) is 5.75 Å². The maximum atomic E-state index is 10.7. The SMILES string of the molecule is NS(=O)(=O)CCCOc1ccc(Br)cc1Br. The first-order chi connectivity index (χ1) is 7.38. The molecule has 0 aromatic heterocycles. The highest BCUT2D eigenvalue weighted by Crippen LogP contribution is 2.28. The van der Waals surface area contributed by atoms with Crippen LogP contribution in [-0.2, 0) is 10.0 Å². The van der Waals surface area contributed by atoms with Gasteiger partial charge >= 0.3 is 0 Å². The fourth-order valence-corrected chi connectivity index (χ4v) is 2.72. The lowest BCUT2D eigenvalue weighted by atomic mass is 10.3. The van der Waals surface area contributed by atoms with Crippen molar-refractivity contribution in [2.24, 2.45) is 5.14 Å². The monoisotopic (exact) mass is 371 g/mol. The molecule has 0 saturated heterocycles. The first-order valence-corrected chi connectivity index (χ1v) is 7.77. The van der Waals surface area contributed by atoms with E-state index in [0.29, 0.717) is 18.8 Å². The van der Waals surface area contributed by atoms with Gasteiger partial charge in [-0.3, -0.25) is 0 Å². The van der Waals surface area contributed by atoms with E-state index in [0.717, 1.165) is 8.95 Å². The number of primary sulfonamides is 1. The first-order valence-electron chi connectivity index (χ1n) is 4.47. The maximum Gasteiger partial charge on any atom is 0.209 e. The van der Waals surface area contributed by atoms with E-state index in [1.807, 2.05) is 12.1 Å². The summed E-state index contributed by atoms with van der Waals surface area (Å²) < 4.78 is 28.5. The van der Waals surface area contributed by atoms with Gasteiger partial charge in [0.2, 0.25) is 10.0 Å². The normalized spacial score (nSPS) is 11.4. The maximum absolute atomic E-state index is 10.7. The van der Waals surface area contributed by atoms with Crippen LogP contribution in [-0.4, -0.2) is 20.8 Å². The van der Waals surface area contributed by atoms with E-state index in [1.165, 1.54) is 0 Å². The zero-order valence-corrected chi connectivity index (χ0v) is 12.3. The Morgan fingerprint density at radius 2 is 2.00 bits per heavy atom. The average Bonchev–Trinajstić information content (AvgIpc) is 2.13. The predicted molar refractivity (Wildman–Crippen MR) is 69.9 cm³/mol. The minimum atomic E-state index is -3.39. The van der Waals surface area contributed by atoms with Crippen LogP contribution < -0.4 is 9.88 Å². The Morgan fingerprint density at radius 1 is 1.31 bits per heavy atom. The summed E-state index contributed by atoms with van der Waals surface area (Å²) in [6.07, 6.45) is 0.376. The number of nitrogens with two attached hydrogens (primary N) is 1. The summed E-state index contributed by atoms with van der Waals surface area (Å²) in [6.45, 7) is 0.316. The van der Waals surface area contributed by atoms with Crippen LogP contribution in [0.1, 0.15) is 6.42 Å². The summed E-state index contributed by atoms with van der Waals surface area (Å²) in [5.41, 5.74) is 0. The van der Waals surface area contributed by atoms with Gasteiger partial charge in [0.05, 0.1) is 16.8 Å². The van der Waals surface area contributed by atoms with Crippen molar-refractivity contribution in [3.8, 4) is 5.75 Å². The number of rotatable bonds is 5. The second kappa shape index (κ2) is 6.00. The van der Waals surface area contributed by atoms with Crippen LogP contribution in [0.2, 0.25) is 0 Å². The van der Waals surface area contributed by atoms with Gasteiger partial charge in [-0.2, -0.15) is 0 Å². The Labute approximate surface area is 111 Å². The predicted octanol–water partition coefficient (Wildman–Crippen LogP) is 2.27. The van der Waals surface area contributed by atoms with Crippen molar-refractivity contribution in [3.63, 3.8) is 0 Å². The fraction of sp³-hybridized carbons (Fsp3) is 0.333. The van der Waals surface area contributed by atoms with Gasteiger partial charge in [-0.1, -0.05) is 15.9 Å². The molecule has 0 aliphatic carbocycles. The van der Waals surface area contributed by atoms with Crippen molar-refractivity contribution in [1.82, 2.24) is 0 Å². The molecule has 0 radical (unpaired) electrons. The lowest BCUT2D eigenvalue weighted by molar-refractivity contribution is 0.315. The van der Waals surface area contributed by atoms with E-state index in [4.69, 9.17) is 9.88 Å². The van der Waals surface area contributed by atoms with E-state index in [9.17, 15) is 8.42 Å². The third kappa shape index (κ3) is 5.29. The van der Waals surface area contributed by atoms with E-state index >= 15 is 0 Å². The summed E-state index contributed by atoms with van der Waals surface area (Å²) in [4.78, 5) is 0. The molecule has 16 heavy (non-hydrogen) atoms. The first kappa shape index (κ1) is 14.0. The van der Waals surface area contributed by atoms with Crippen LogP contribution in [0.25, 0.3) is 0 Å². The molecule has 0 heterocycles. The van der Waals surface area contributed by atoms with E-state index < -0.39 is 10.0 Å². The van der Waals surface area contributed by atoms with Gasteiger partial charge in [0.15, 0.2) is 0 Å². The Bertz CT molecular complexity index is 462. The molecule has 0 aliphatic heterocycles. The Balaban J connectivity index is 2.43. The summed E-state index contributed by atoms with van der Waals surface area (Å²) >= 11 is 6.66. The van der Waals surface area contributed by atoms with Crippen molar-refractivity contribution in [2.45, 2.75) is 6.42 Å². The molecule has 0 atom stereocenters. The molecule has 0 spiro atoms. The Morgan fingerprint density at radius 3 is 2.56 bits per heavy atom. The molecule has 0 amide bonds. The molecular formula is C9H11Br2NO3S. The van der Waals surface area contributed by atoms with Crippen molar-refractivity contribution >= 4 is 41.9 Å². The van der Waals surface area contributed by atoms with Crippen molar-refractivity contribution in [3.05, 3.63) is 27.1 Å². The molecule has 0 fully saturated rings. The second-order valence-corrected chi connectivity index (χ2v) is 6.65. The highest BCUT2D eigenvalue weighted by molar-refractivity contribution is 9.11. The summed E-state index contributed by atoms with van der Waals surface area (Å²) in [6, 6.07) is 5.50. The average molecular weight is 373 g/mol. The van der Waals surface area contributed by atoms with E-state index in [2.05, 4.69) is 31.9 Å². The highest BCUT2D eigenvalue weighted by atomic mass is 79.9. The third-order valence-electron chi connectivity index (χ3n) is 1.72. The lowest BCUT2D eigenvalue weighted by Crippen LogP contribution is -2.18. The van der Waals surface area contributed by atoms with E-state index in [1.54, 1.807) is 6.07 Å². The topological polar surface area (TPSA) is 69.4 Å². The number of sulfonamides is 1. The van der Waals surface area contributed by atoms with Crippen LogP contribution >= 0.6 is 31.9 Å². The van der Waals surface area contributed by atoms with Gasteiger partial charge in [-0.05, 0) is 40.5 Å². The summed E-state index contributed by atoms with van der Waals surface area (Å²) in [5.74, 6) is 0.610. The fourth-order valence-electron chi connectivity index (χ4n) is 1.03. The molecule has 1 rings (SSSR count). The van der Waals surface area contributed by atoms with Crippen LogP contribution in [0.4, 0.5) is 0 Å². The standard InChI is InChI=1S/C9H11Br2NO3S/c10-7-2-3-9(8(11)6-7)15-4-1-5-16(12,13)14/h2-3,6H,1,4-5H2,(H2,12,13,14). The van der Waals surface area contributed by atoms with Gasteiger partial charge < -0.3 is 4.74 Å². The molecule has 0 unspecified atom stereocenters. The second-order valence-electron chi connectivity index (χ2n) is 3.14. The number of hydrogen-bond donors (Lipinski definition) is 1. The minimum Gasteiger partial charge on any atom is -0.492 e. The number of benzene rings is 1. The number of hydrogen-bond acceptors (Lipinski definition) is 3. The van der Waals surface area contributed by atoms with Gasteiger partial charge in [0, 0.05) is 4.47 Å². The molecule has 1 aromatic carbocycles. The smallest absolute Gasteiger partial charge is 0.209 e. The zero-order chi connectivity index (χ0) is 12.2. The molecule has 2 N–H and O–H groups in total. The molecular weight excluding hydrogens is 362 g/mol. The van der Waals surface area contributed by atoms with Crippen LogP contribution in [0.3, 0.4) is 0 Å². The molecule has 4 nitrogen and oxygen atoms in total. The van der Waals surface area contributed by atoms with Gasteiger partial charge in [0.1, 0.15) is 5.75 Å². The van der Waals surface area contributed by atoms with Gasteiger partial charge in [-0.25, -0.2) is 13.6 Å². The quantitative estimate of drug-likeness (QED) is 0.806. The molecule has 7 heteroatoms. The Kier molecular flexibility index (Phi) is 5.23. The van der Waals surface area contributed by atoms with Crippen LogP contribution in [0.15, 0.2) is 27.1 Å². The zero-order valence-electron chi connectivity index (χ0n) is 8.32. The number of ether oxygens (including phenoxy) is 1. The molecule has 90 valence electrons.